The Labute approximate surface area is 146 Å². The van der Waals surface area contributed by atoms with Crippen molar-refractivity contribution >= 4 is 29.9 Å². The molecule has 0 aliphatic heterocycles. The largest absolute Gasteiger partial charge is 0.385 e. The fourth-order valence-corrected chi connectivity index (χ4v) is 2.84. The van der Waals surface area contributed by atoms with E-state index in [0.717, 1.165) is 38.7 Å². The Bertz CT molecular complexity index is 282. The van der Waals surface area contributed by atoms with Gasteiger partial charge in [0, 0.05) is 40.5 Å². The molecule has 0 aromatic heterocycles. The quantitative estimate of drug-likeness (QED) is 0.264. The normalized spacial score (nSPS) is 17.4. The molecule has 0 spiro atoms. The van der Waals surface area contributed by atoms with Crippen molar-refractivity contribution in [1.29, 1.82) is 0 Å². The Morgan fingerprint density at radius 1 is 1.19 bits per heavy atom. The molecule has 0 aromatic carbocycles. The van der Waals surface area contributed by atoms with E-state index in [0.29, 0.717) is 12.0 Å². The van der Waals surface area contributed by atoms with Gasteiger partial charge in [-0.05, 0) is 31.6 Å². The number of hydrogen-bond acceptors (Lipinski definition) is 3. The first-order valence-electron chi connectivity index (χ1n) is 7.77. The third kappa shape index (κ3) is 8.21. The van der Waals surface area contributed by atoms with Crippen LogP contribution in [0.3, 0.4) is 0 Å². The van der Waals surface area contributed by atoms with Crippen LogP contribution in [-0.4, -0.2) is 53.0 Å². The number of rotatable bonds is 9. The number of methoxy groups -OCH3 is 1. The van der Waals surface area contributed by atoms with Gasteiger partial charge in [0.1, 0.15) is 0 Å². The molecule has 126 valence electrons. The maximum absolute atomic E-state index is 5.32. The van der Waals surface area contributed by atoms with Crippen molar-refractivity contribution in [3.8, 4) is 0 Å². The minimum Gasteiger partial charge on any atom is -0.385 e. The van der Waals surface area contributed by atoms with E-state index < -0.39 is 0 Å². The first-order valence-corrected chi connectivity index (χ1v) is 7.77. The highest BCUT2D eigenvalue weighted by atomic mass is 127. The van der Waals surface area contributed by atoms with Crippen LogP contribution in [0.5, 0.6) is 0 Å². The standard InChI is InChI=1S/C15H31N3O2.HI/c1-4-20-12-10-17-14(16-2)18-13-15(9-11-19-3)7-5-6-8-15;/h4-13H2,1-3H3,(H2,16,17,18);1H. The van der Waals surface area contributed by atoms with Crippen molar-refractivity contribution < 1.29 is 9.47 Å². The number of ether oxygens (including phenoxy) is 2. The summed E-state index contributed by atoms with van der Waals surface area (Å²) in [5, 5.41) is 6.75. The van der Waals surface area contributed by atoms with E-state index in [1.807, 2.05) is 14.0 Å². The summed E-state index contributed by atoms with van der Waals surface area (Å²) >= 11 is 0. The van der Waals surface area contributed by atoms with Crippen LogP contribution in [0.2, 0.25) is 0 Å². The Morgan fingerprint density at radius 2 is 1.90 bits per heavy atom. The molecule has 21 heavy (non-hydrogen) atoms. The van der Waals surface area contributed by atoms with Crippen molar-refractivity contribution in [2.24, 2.45) is 10.4 Å². The third-order valence-corrected chi connectivity index (χ3v) is 4.10. The second-order valence-corrected chi connectivity index (χ2v) is 5.50. The SMILES string of the molecule is CCOCCNC(=NC)NCC1(CCOC)CCCC1.I. The molecule has 0 radical (unpaired) electrons. The zero-order valence-corrected chi connectivity index (χ0v) is 16.1. The van der Waals surface area contributed by atoms with Crippen molar-refractivity contribution in [1.82, 2.24) is 10.6 Å². The topological polar surface area (TPSA) is 54.9 Å². The Morgan fingerprint density at radius 3 is 2.48 bits per heavy atom. The first-order chi connectivity index (χ1) is 9.76. The molecular formula is C15H32IN3O2. The average molecular weight is 413 g/mol. The van der Waals surface area contributed by atoms with Crippen molar-refractivity contribution in [2.75, 3.05) is 47.1 Å². The minimum atomic E-state index is 0. The van der Waals surface area contributed by atoms with E-state index in [9.17, 15) is 0 Å². The molecule has 1 aliphatic carbocycles. The van der Waals surface area contributed by atoms with Crippen LogP contribution in [0.4, 0.5) is 0 Å². The number of aliphatic imine (C=N–C) groups is 1. The third-order valence-electron chi connectivity index (χ3n) is 4.10. The fraction of sp³-hybridized carbons (Fsp3) is 0.933. The lowest BCUT2D eigenvalue weighted by Crippen LogP contribution is -2.44. The fourth-order valence-electron chi connectivity index (χ4n) is 2.84. The summed E-state index contributed by atoms with van der Waals surface area (Å²) in [4.78, 5) is 4.27. The molecule has 5 nitrogen and oxygen atoms in total. The number of nitrogens with one attached hydrogen (secondary N) is 2. The maximum atomic E-state index is 5.32. The van der Waals surface area contributed by atoms with Crippen LogP contribution in [0.1, 0.15) is 39.0 Å². The van der Waals surface area contributed by atoms with Crippen molar-refractivity contribution in [3.05, 3.63) is 0 Å². The van der Waals surface area contributed by atoms with E-state index in [2.05, 4.69) is 15.6 Å². The van der Waals surface area contributed by atoms with Crippen molar-refractivity contribution in [2.45, 2.75) is 39.0 Å². The minimum absolute atomic E-state index is 0. The lowest BCUT2D eigenvalue weighted by atomic mass is 9.83. The highest BCUT2D eigenvalue weighted by Crippen LogP contribution is 2.40. The summed E-state index contributed by atoms with van der Waals surface area (Å²) in [6, 6.07) is 0. The van der Waals surface area contributed by atoms with E-state index >= 15 is 0 Å². The average Bonchev–Trinajstić information content (AvgIpc) is 2.94. The summed E-state index contributed by atoms with van der Waals surface area (Å²) in [6.45, 7) is 6.09. The number of halogens is 1. The van der Waals surface area contributed by atoms with Gasteiger partial charge < -0.3 is 20.1 Å². The molecular weight excluding hydrogens is 381 g/mol. The van der Waals surface area contributed by atoms with Gasteiger partial charge in [-0.25, -0.2) is 0 Å². The van der Waals surface area contributed by atoms with Gasteiger partial charge in [0.2, 0.25) is 0 Å². The molecule has 6 heteroatoms. The molecule has 0 heterocycles. The Balaban J connectivity index is 0.00000400. The lowest BCUT2D eigenvalue weighted by Gasteiger charge is -2.29. The monoisotopic (exact) mass is 413 g/mol. The molecule has 1 saturated carbocycles. The second-order valence-electron chi connectivity index (χ2n) is 5.50. The molecule has 1 fully saturated rings. The van der Waals surface area contributed by atoms with Gasteiger partial charge in [0.25, 0.3) is 0 Å². The summed E-state index contributed by atoms with van der Waals surface area (Å²) in [5.74, 6) is 0.869. The number of guanidine groups is 1. The molecule has 1 aliphatic rings. The highest BCUT2D eigenvalue weighted by Gasteiger charge is 2.33. The van der Waals surface area contributed by atoms with Gasteiger partial charge in [-0.15, -0.1) is 24.0 Å². The van der Waals surface area contributed by atoms with E-state index in [1.54, 1.807) is 7.11 Å². The number of nitrogens with zero attached hydrogens (tertiary/aromatic N) is 1. The molecule has 1 rings (SSSR count). The van der Waals surface area contributed by atoms with Crippen LogP contribution in [-0.2, 0) is 9.47 Å². The summed E-state index contributed by atoms with van der Waals surface area (Å²) < 4.78 is 10.6. The number of hydrogen-bond donors (Lipinski definition) is 2. The van der Waals surface area contributed by atoms with Gasteiger partial charge in [-0.3, -0.25) is 4.99 Å². The summed E-state index contributed by atoms with van der Waals surface area (Å²) in [5.41, 5.74) is 0.382. The Hall–Kier alpha value is -0.0800. The van der Waals surface area contributed by atoms with Crippen LogP contribution in [0, 0.1) is 5.41 Å². The van der Waals surface area contributed by atoms with Gasteiger partial charge in [0.05, 0.1) is 6.61 Å². The molecule has 0 aromatic rings. The van der Waals surface area contributed by atoms with Crippen molar-refractivity contribution in [3.63, 3.8) is 0 Å². The van der Waals surface area contributed by atoms with Crippen LogP contribution in [0.15, 0.2) is 4.99 Å². The van der Waals surface area contributed by atoms with Crippen LogP contribution >= 0.6 is 24.0 Å². The maximum Gasteiger partial charge on any atom is 0.191 e. The zero-order chi connectivity index (χ0) is 14.7. The van der Waals surface area contributed by atoms with E-state index in [-0.39, 0.29) is 24.0 Å². The van der Waals surface area contributed by atoms with Crippen LogP contribution in [0.25, 0.3) is 0 Å². The predicted molar refractivity (Wildman–Crippen MR) is 98.7 cm³/mol. The molecule has 0 atom stereocenters. The Kier molecular flexibility index (Phi) is 12.4. The molecule has 0 unspecified atom stereocenters. The first kappa shape index (κ1) is 20.9. The smallest absolute Gasteiger partial charge is 0.191 e. The van der Waals surface area contributed by atoms with Gasteiger partial charge in [-0.1, -0.05) is 12.8 Å². The zero-order valence-electron chi connectivity index (χ0n) is 13.7. The van der Waals surface area contributed by atoms with E-state index in [4.69, 9.17) is 9.47 Å². The van der Waals surface area contributed by atoms with Gasteiger partial charge in [-0.2, -0.15) is 0 Å². The lowest BCUT2D eigenvalue weighted by molar-refractivity contribution is 0.138. The molecule has 0 bridgehead atoms. The summed E-state index contributed by atoms with van der Waals surface area (Å²) in [7, 11) is 3.59. The van der Waals surface area contributed by atoms with Crippen LogP contribution < -0.4 is 10.6 Å². The summed E-state index contributed by atoms with van der Waals surface area (Å²) in [6.07, 6.45) is 6.38. The molecule has 0 saturated heterocycles. The second kappa shape index (κ2) is 12.5. The highest BCUT2D eigenvalue weighted by molar-refractivity contribution is 14.0. The molecule has 2 N–H and O–H groups in total. The predicted octanol–water partition coefficient (Wildman–Crippen LogP) is 2.40. The van der Waals surface area contributed by atoms with Gasteiger partial charge >= 0.3 is 0 Å². The van der Waals surface area contributed by atoms with Gasteiger partial charge in [0.15, 0.2) is 5.96 Å². The molecule has 0 amide bonds. The van der Waals surface area contributed by atoms with E-state index in [1.165, 1.54) is 25.7 Å².